The van der Waals surface area contributed by atoms with Crippen LogP contribution < -0.4 is 10.9 Å². The molecule has 1 aliphatic heterocycles. The van der Waals surface area contributed by atoms with E-state index in [-0.39, 0.29) is 40.4 Å². The van der Waals surface area contributed by atoms with Crippen molar-refractivity contribution < 1.29 is 14.6 Å². The van der Waals surface area contributed by atoms with Gasteiger partial charge in [-0.3, -0.25) is 14.2 Å². The molecule has 27 heavy (non-hydrogen) atoms. The lowest BCUT2D eigenvalue weighted by Crippen LogP contribution is -2.59. The number of nitrogens with one attached hydrogen (secondary N) is 1. The molecule has 7 nitrogen and oxygen atoms in total. The van der Waals surface area contributed by atoms with E-state index in [4.69, 9.17) is 4.74 Å². The SMILES string of the molecule is COC1(Cc2ccccc2)NC(=O)C(C)n2c1nc1c(O)cccc1c2=O. The van der Waals surface area contributed by atoms with Crippen LogP contribution in [0.4, 0.5) is 0 Å². The third-order valence-electron chi connectivity index (χ3n) is 5.01. The van der Waals surface area contributed by atoms with Gasteiger partial charge in [0.05, 0.1) is 5.39 Å². The summed E-state index contributed by atoms with van der Waals surface area (Å²) in [5.41, 5.74) is -0.609. The summed E-state index contributed by atoms with van der Waals surface area (Å²) in [5, 5.41) is 13.3. The summed E-state index contributed by atoms with van der Waals surface area (Å²) in [6.07, 6.45) is 0.286. The van der Waals surface area contributed by atoms with Crippen LogP contribution in [0.2, 0.25) is 0 Å². The molecule has 2 atom stereocenters. The second-order valence-corrected chi connectivity index (χ2v) is 6.64. The molecule has 0 fully saturated rings. The molecular formula is C20H19N3O4. The number of fused-ring (bicyclic) bond motifs is 2. The molecule has 4 rings (SSSR count). The van der Waals surface area contributed by atoms with Crippen LogP contribution in [-0.4, -0.2) is 27.7 Å². The molecule has 1 aromatic heterocycles. The van der Waals surface area contributed by atoms with Crippen LogP contribution in [0.15, 0.2) is 53.3 Å². The van der Waals surface area contributed by atoms with E-state index in [1.54, 1.807) is 19.1 Å². The number of benzene rings is 2. The van der Waals surface area contributed by atoms with Gasteiger partial charge >= 0.3 is 0 Å². The Hall–Kier alpha value is -3.19. The van der Waals surface area contributed by atoms with E-state index in [9.17, 15) is 14.7 Å². The molecule has 0 radical (unpaired) electrons. The Bertz CT molecular complexity index is 1090. The highest BCUT2D eigenvalue weighted by molar-refractivity contribution is 5.86. The second kappa shape index (κ2) is 6.21. The Kier molecular flexibility index (Phi) is 3.96. The highest BCUT2D eigenvalue weighted by atomic mass is 16.5. The van der Waals surface area contributed by atoms with Gasteiger partial charge in [-0.05, 0) is 24.6 Å². The predicted octanol–water partition coefficient (Wildman–Crippen LogP) is 1.83. The number of phenols is 1. The summed E-state index contributed by atoms with van der Waals surface area (Å²) >= 11 is 0. The van der Waals surface area contributed by atoms with Gasteiger partial charge in [-0.1, -0.05) is 36.4 Å². The van der Waals surface area contributed by atoms with Crippen molar-refractivity contribution in [1.82, 2.24) is 14.9 Å². The highest BCUT2D eigenvalue weighted by Gasteiger charge is 2.45. The fourth-order valence-electron chi connectivity index (χ4n) is 3.55. The van der Waals surface area contributed by atoms with Gasteiger partial charge in [0.1, 0.15) is 17.3 Å². The normalized spacial score (nSPS) is 21.7. The minimum atomic E-state index is -1.32. The van der Waals surface area contributed by atoms with Crippen LogP contribution in [0.1, 0.15) is 24.4 Å². The zero-order valence-electron chi connectivity index (χ0n) is 15.0. The highest BCUT2D eigenvalue weighted by Crippen LogP contribution is 2.33. The smallest absolute Gasteiger partial charge is 0.262 e. The topological polar surface area (TPSA) is 93.4 Å². The number of aromatic hydroxyl groups is 1. The minimum absolute atomic E-state index is 0.0951. The standard InChI is InChI=1S/C20H19N3O4/c1-12-17(25)22-20(27-2,11-13-7-4-3-5-8-13)19-21-16-14(18(26)23(12)19)9-6-10-15(16)24/h3-10,12,24H,11H2,1-2H3,(H,22,25). The molecule has 0 aliphatic carbocycles. The van der Waals surface area contributed by atoms with Gasteiger partial charge in [0.2, 0.25) is 11.6 Å². The van der Waals surface area contributed by atoms with E-state index < -0.39 is 11.8 Å². The first kappa shape index (κ1) is 17.2. The van der Waals surface area contributed by atoms with Gasteiger partial charge in [-0.25, -0.2) is 4.98 Å². The zero-order chi connectivity index (χ0) is 19.2. The molecule has 0 bridgehead atoms. The molecule has 2 unspecified atom stereocenters. The molecule has 1 amide bonds. The Morgan fingerprint density at radius 3 is 2.63 bits per heavy atom. The number of carbonyl (C=O) groups excluding carboxylic acids is 1. The minimum Gasteiger partial charge on any atom is -0.506 e. The maximum absolute atomic E-state index is 13.1. The summed E-state index contributed by atoms with van der Waals surface area (Å²) in [6, 6.07) is 13.4. The monoisotopic (exact) mass is 365 g/mol. The van der Waals surface area contributed by atoms with Crippen molar-refractivity contribution in [2.75, 3.05) is 7.11 Å². The first-order valence-corrected chi connectivity index (χ1v) is 8.62. The van der Waals surface area contributed by atoms with Crippen molar-refractivity contribution in [2.45, 2.75) is 25.1 Å². The first-order chi connectivity index (χ1) is 13.0. The maximum Gasteiger partial charge on any atom is 0.262 e. The molecule has 2 N–H and O–H groups in total. The molecule has 0 saturated heterocycles. The number of methoxy groups -OCH3 is 1. The van der Waals surface area contributed by atoms with Crippen LogP contribution in [0.5, 0.6) is 5.75 Å². The van der Waals surface area contributed by atoms with Crippen LogP contribution in [0, 0.1) is 0 Å². The van der Waals surface area contributed by atoms with Gasteiger partial charge in [-0.2, -0.15) is 0 Å². The summed E-state index contributed by atoms with van der Waals surface area (Å²) in [5.74, 6) is -0.161. The Balaban J connectivity index is 2.03. The molecule has 7 heteroatoms. The van der Waals surface area contributed by atoms with Crippen molar-refractivity contribution in [2.24, 2.45) is 0 Å². The number of phenolic OH excluding ortho intramolecular Hbond substituents is 1. The van der Waals surface area contributed by atoms with Crippen molar-refractivity contribution in [1.29, 1.82) is 0 Å². The fraction of sp³-hybridized carbons (Fsp3) is 0.250. The van der Waals surface area contributed by atoms with E-state index in [0.717, 1.165) is 5.56 Å². The Labute approximate surface area is 155 Å². The molecular weight excluding hydrogens is 346 g/mol. The van der Waals surface area contributed by atoms with E-state index in [2.05, 4.69) is 10.3 Å². The number of carbonyl (C=O) groups is 1. The Morgan fingerprint density at radius 2 is 1.93 bits per heavy atom. The molecule has 2 heterocycles. The number of hydrogen-bond acceptors (Lipinski definition) is 5. The average Bonchev–Trinajstić information content (AvgIpc) is 2.67. The number of hydrogen-bond donors (Lipinski definition) is 2. The molecule has 138 valence electrons. The predicted molar refractivity (Wildman–Crippen MR) is 99.4 cm³/mol. The van der Waals surface area contributed by atoms with Crippen LogP contribution >= 0.6 is 0 Å². The lowest BCUT2D eigenvalue weighted by Gasteiger charge is -2.40. The van der Waals surface area contributed by atoms with Gasteiger partial charge in [0, 0.05) is 13.5 Å². The molecule has 1 aliphatic rings. The van der Waals surface area contributed by atoms with Crippen LogP contribution in [-0.2, 0) is 21.7 Å². The van der Waals surface area contributed by atoms with Crippen molar-refractivity contribution in [3.8, 4) is 5.75 Å². The van der Waals surface area contributed by atoms with Crippen molar-refractivity contribution >= 4 is 16.8 Å². The molecule has 3 aromatic rings. The Morgan fingerprint density at radius 1 is 1.19 bits per heavy atom. The summed E-state index contributed by atoms with van der Waals surface area (Å²) in [4.78, 5) is 30.3. The second-order valence-electron chi connectivity index (χ2n) is 6.64. The number of aromatic nitrogens is 2. The molecule has 2 aromatic carbocycles. The maximum atomic E-state index is 13.1. The lowest BCUT2D eigenvalue weighted by molar-refractivity contribution is -0.142. The van der Waals surface area contributed by atoms with Gasteiger partial charge in [0.25, 0.3) is 5.56 Å². The van der Waals surface area contributed by atoms with Crippen molar-refractivity contribution in [3.05, 3.63) is 70.3 Å². The number of amides is 1. The summed E-state index contributed by atoms with van der Waals surface area (Å²) in [6.45, 7) is 1.64. The number of ether oxygens (including phenoxy) is 1. The summed E-state index contributed by atoms with van der Waals surface area (Å²) < 4.78 is 7.09. The van der Waals surface area contributed by atoms with Gasteiger partial charge < -0.3 is 15.2 Å². The van der Waals surface area contributed by atoms with Gasteiger partial charge in [0.15, 0.2) is 5.82 Å². The zero-order valence-corrected chi connectivity index (χ0v) is 15.0. The third-order valence-corrected chi connectivity index (χ3v) is 5.01. The first-order valence-electron chi connectivity index (χ1n) is 8.62. The molecule has 0 spiro atoms. The summed E-state index contributed by atoms with van der Waals surface area (Å²) in [7, 11) is 1.46. The fourth-order valence-corrected chi connectivity index (χ4v) is 3.55. The van der Waals surface area contributed by atoms with E-state index in [1.807, 2.05) is 30.3 Å². The number of nitrogens with zero attached hydrogens (tertiary/aromatic N) is 2. The number of para-hydroxylation sites is 1. The van der Waals surface area contributed by atoms with E-state index in [1.165, 1.54) is 17.7 Å². The van der Waals surface area contributed by atoms with E-state index in [0.29, 0.717) is 0 Å². The van der Waals surface area contributed by atoms with E-state index >= 15 is 0 Å². The quantitative estimate of drug-likeness (QED) is 0.739. The third kappa shape index (κ3) is 2.59. The van der Waals surface area contributed by atoms with Gasteiger partial charge in [-0.15, -0.1) is 0 Å². The average molecular weight is 365 g/mol. The molecule has 0 saturated carbocycles. The van der Waals surface area contributed by atoms with Crippen molar-refractivity contribution in [3.63, 3.8) is 0 Å². The lowest BCUT2D eigenvalue weighted by atomic mass is 9.97. The van der Waals surface area contributed by atoms with Crippen LogP contribution in [0.25, 0.3) is 10.9 Å². The largest absolute Gasteiger partial charge is 0.506 e. The number of rotatable bonds is 3. The van der Waals surface area contributed by atoms with Crippen LogP contribution in [0.3, 0.4) is 0 Å².